The molecule has 1 heteroatoms. The molecule has 9 heavy (non-hydrogen) atoms. The maximum atomic E-state index is 5.62. The average molecular weight is 147 g/mol. The molecular formula is C8H15Cl. The zero-order valence-corrected chi connectivity index (χ0v) is 7.20. The summed E-state index contributed by atoms with van der Waals surface area (Å²) in [5, 5.41) is 0.913. The van der Waals surface area contributed by atoms with Crippen molar-refractivity contribution in [2.45, 2.75) is 33.6 Å². The van der Waals surface area contributed by atoms with Gasteiger partial charge in [0.1, 0.15) is 0 Å². The third-order valence-electron chi connectivity index (χ3n) is 1.17. The molecule has 0 heterocycles. The van der Waals surface area contributed by atoms with Gasteiger partial charge in [-0.1, -0.05) is 31.5 Å². The highest BCUT2D eigenvalue weighted by molar-refractivity contribution is 6.29. The van der Waals surface area contributed by atoms with Crippen molar-refractivity contribution in [2.24, 2.45) is 5.92 Å². The lowest BCUT2D eigenvalue weighted by Crippen LogP contribution is -1.83. The number of hydrogen-bond donors (Lipinski definition) is 0. The third-order valence-corrected chi connectivity index (χ3v) is 1.32. The van der Waals surface area contributed by atoms with Crippen molar-refractivity contribution in [2.75, 3.05) is 0 Å². The van der Waals surface area contributed by atoms with Gasteiger partial charge in [0.25, 0.3) is 0 Å². The molecule has 0 aromatic heterocycles. The van der Waals surface area contributed by atoms with E-state index in [0.717, 1.165) is 17.4 Å². The lowest BCUT2D eigenvalue weighted by atomic mass is 10.1. The van der Waals surface area contributed by atoms with Crippen molar-refractivity contribution >= 4 is 11.6 Å². The minimum atomic E-state index is 0.789. The monoisotopic (exact) mass is 146 g/mol. The fourth-order valence-electron chi connectivity index (χ4n) is 0.616. The molecule has 0 bridgehead atoms. The second-order valence-electron chi connectivity index (χ2n) is 2.76. The van der Waals surface area contributed by atoms with E-state index in [1.54, 1.807) is 0 Å². The minimum Gasteiger partial charge on any atom is -0.0898 e. The first-order valence-electron chi connectivity index (χ1n) is 3.45. The molecule has 0 N–H and O–H groups in total. The predicted octanol–water partition coefficient (Wildman–Crippen LogP) is 3.57. The molecule has 0 aromatic carbocycles. The Bertz CT molecular complexity index is 88.7. The van der Waals surface area contributed by atoms with Gasteiger partial charge in [-0.2, -0.15) is 0 Å². The van der Waals surface area contributed by atoms with Crippen LogP contribution >= 0.6 is 11.6 Å². The molecule has 0 aliphatic carbocycles. The molecular weight excluding hydrogens is 132 g/mol. The van der Waals surface area contributed by atoms with Crippen molar-refractivity contribution in [3.05, 3.63) is 11.1 Å². The Hall–Kier alpha value is 0.0300. The van der Waals surface area contributed by atoms with Crippen LogP contribution in [-0.4, -0.2) is 0 Å². The zero-order valence-electron chi connectivity index (χ0n) is 6.45. The van der Waals surface area contributed by atoms with Gasteiger partial charge in [0.15, 0.2) is 0 Å². The average Bonchev–Trinajstić information content (AvgIpc) is 1.63. The smallest absolute Gasteiger partial charge is 0.0110 e. The van der Waals surface area contributed by atoms with Crippen LogP contribution in [0.15, 0.2) is 11.1 Å². The Kier molecular flexibility index (Phi) is 4.88. The number of rotatable bonds is 3. The van der Waals surface area contributed by atoms with Gasteiger partial charge in [-0.25, -0.2) is 0 Å². The Morgan fingerprint density at radius 1 is 1.56 bits per heavy atom. The van der Waals surface area contributed by atoms with Gasteiger partial charge in [-0.15, -0.1) is 0 Å². The molecule has 0 aromatic rings. The largest absolute Gasteiger partial charge is 0.0898 e. The Balaban J connectivity index is 3.20. The summed E-state index contributed by atoms with van der Waals surface area (Å²) in [6, 6.07) is 0. The van der Waals surface area contributed by atoms with Gasteiger partial charge in [-0.05, 0) is 25.7 Å². The van der Waals surface area contributed by atoms with E-state index in [2.05, 4.69) is 19.9 Å². The van der Waals surface area contributed by atoms with E-state index in [0.29, 0.717) is 0 Å². The molecule has 0 fully saturated rings. The maximum absolute atomic E-state index is 5.62. The second-order valence-corrected chi connectivity index (χ2v) is 3.36. The topological polar surface area (TPSA) is 0 Å². The van der Waals surface area contributed by atoms with Crippen LogP contribution in [0.1, 0.15) is 33.6 Å². The molecule has 0 radical (unpaired) electrons. The molecule has 0 aliphatic rings. The van der Waals surface area contributed by atoms with E-state index in [4.69, 9.17) is 11.6 Å². The minimum absolute atomic E-state index is 0.789. The van der Waals surface area contributed by atoms with Crippen molar-refractivity contribution < 1.29 is 0 Å². The first-order chi connectivity index (χ1) is 4.13. The second kappa shape index (κ2) is 4.87. The molecule has 54 valence electrons. The summed E-state index contributed by atoms with van der Waals surface area (Å²) < 4.78 is 0. The van der Waals surface area contributed by atoms with Gasteiger partial charge in [0.05, 0.1) is 0 Å². The molecule has 0 rings (SSSR count). The van der Waals surface area contributed by atoms with Crippen LogP contribution in [0.4, 0.5) is 0 Å². The normalized spacial score (nSPS) is 12.8. The van der Waals surface area contributed by atoms with Crippen molar-refractivity contribution in [3.63, 3.8) is 0 Å². The lowest BCUT2D eigenvalue weighted by Gasteiger charge is -1.98. The molecule has 0 amide bonds. The van der Waals surface area contributed by atoms with Gasteiger partial charge in [-0.3, -0.25) is 0 Å². The summed E-state index contributed by atoms with van der Waals surface area (Å²) in [6.45, 7) is 6.36. The third kappa shape index (κ3) is 8.03. The van der Waals surface area contributed by atoms with E-state index in [-0.39, 0.29) is 0 Å². The summed E-state index contributed by atoms with van der Waals surface area (Å²) in [7, 11) is 0. The van der Waals surface area contributed by atoms with Crippen LogP contribution in [0.2, 0.25) is 0 Å². The van der Waals surface area contributed by atoms with Crippen LogP contribution < -0.4 is 0 Å². The van der Waals surface area contributed by atoms with Crippen molar-refractivity contribution in [1.82, 2.24) is 0 Å². The molecule has 0 saturated heterocycles. The van der Waals surface area contributed by atoms with Gasteiger partial charge in [0.2, 0.25) is 0 Å². The molecule has 0 saturated carbocycles. The summed E-state index contributed by atoms with van der Waals surface area (Å²) >= 11 is 5.62. The van der Waals surface area contributed by atoms with Crippen LogP contribution in [0.25, 0.3) is 0 Å². The van der Waals surface area contributed by atoms with Gasteiger partial charge >= 0.3 is 0 Å². The Labute approximate surface area is 62.9 Å². The predicted molar refractivity (Wildman–Crippen MR) is 43.7 cm³/mol. The molecule has 0 aliphatic heterocycles. The van der Waals surface area contributed by atoms with Gasteiger partial charge in [0, 0.05) is 5.03 Å². The summed E-state index contributed by atoms with van der Waals surface area (Å²) in [5.74, 6) is 0.789. The van der Waals surface area contributed by atoms with Crippen LogP contribution in [0.5, 0.6) is 0 Å². The highest BCUT2D eigenvalue weighted by Gasteiger charge is 1.89. The van der Waals surface area contributed by atoms with E-state index in [1.807, 2.05) is 6.92 Å². The van der Waals surface area contributed by atoms with Crippen LogP contribution in [0, 0.1) is 5.92 Å². The maximum Gasteiger partial charge on any atom is 0.0110 e. The highest BCUT2D eigenvalue weighted by atomic mass is 35.5. The standard InChI is InChI=1S/C8H15Cl/c1-7(2)5-4-6-8(3)9/h6-7H,4-5H2,1-3H3. The summed E-state index contributed by atoms with van der Waals surface area (Å²) in [4.78, 5) is 0. The SMILES string of the molecule is CC(Cl)=CCCC(C)C. The quantitative estimate of drug-likeness (QED) is 0.571. The van der Waals surface area contributed by atoms with Gasteiger partial charge < -0.3 is 0 Å². The first-order valence-corrected chi connectivity index (χ1v) is 3.83. The molecule has 0 spiro atoms. The molecule has 0 unspecified atom stereocenters. The van der Waals surface area contributed by atoms with E-state index >= 15 is 0 Å². The van der Waals surface area contributed by atoms with E-state index in [9.17, 15) is 0 Å². The van der Waals surface area contributed by atoms with Crippen molar-refractivity contribution in [1.29, 1.82) is 0 Å². The highest BCUT2D eigenvalue weighted by Crippen LogP contribution is 2.07. The Morgan fingerprint density at radius 2 is 2.11 bits per heavy atom. The van der Waals surface area contributed by atoms with E-state index < -0.39 is 0 Å². The first kappa shape index (κ1) is 9.03. The van der Waals surface area contributed by atoms with E-state index in [1.165, 1.54) is 6.42 Å². The van der Waals surface area contributed by atoms with Crippen LogP contribution in [0.3, 0.4) is 0 Å². The number of allylic oxidation sites excluding steroid dienone is 2. The van der Waals surface area contributed by atoms with Crippen molar-refractivity contribution in [3.8, 4) is 0 Å². The fraction of sp³-hybridized carbons (Fsp3) is 0.750. The summed E-state index contributed by atoms with van der Waals surface area (Å²) in [5.41, 5.74) is 0. The molecule has 0 nitrogen and oxygen atoms in total. The number of hydrogen-bond acceptors (Lipinski definition) is 0. The lowest BCUT2D eigenvalue weighted by molar-refractivity contribution is 0.594. The number of halogens is 1. The van der Waals surface area contributed by atoms with Crippen LogP contribution in [-0.2, 0) is 0 Å². The Morgan fingerprint density at radius 3 is 2.44 bits per heavy atom. The fourth-order valence-corrected chi connectivity index (χ4v) is 0.725. The zero-order chi connectivity index (χ0) is 7.28. The molecule has 0 atom stereocenters. The summed E-state index contributed by atoms with van der Waals surface area (Å²) in [6.07, 6.45) is 4.43.